The van der Waals surface area contributed by atoms with Crippen LogP contribution in [0.3, 0.4) is 0 Å². The summed E-state index contributed by atoms with van der Waals surface area (Å²) < 4.78 is 3.35. The van der Waals surface area contributed by atoms with Gasteiger partial charge in [0.15, 0.2) is 0 Å². The van der Waals surface area contributed by atoms with Crippen LogP contribution in [0.1, 0.15) is 24.6 Å². The van der Waals surface area contributed by atoms with Crippen molar-refractivity contribution in [3.63, 3.8) is 0 Å². The molecule has 1 aromatic heterocycles. The van der Waals surface area contributed by atoms with Crippen molar-refractivity contribution in [2.45, 2.75) is 18.9 Å². The number of hydrogen-bond donors (Lipinski definition) is 1. The molecule has 1 unspecified atom stereocenters. The molecule has 2 heterocycles. The van der Waals surface area contributed by atoms with Gasteiger partial charge in [-0.15, -0.1) is 0 Å². The second-order valence-corrected chi connectivity index (χ2v) is 6.30. The molecule has 3 aromatic rings. The maximum atomic E-state index is 4.38. The summed E-state index contributed by atoms with van der Waals surface area (Å²) in [6, 6.07) is 13.2. The van der Waals surface area contributed by atoms with Gasteiger partial charge >= 0.3 is 0 Å². The number of halogens is 1. The van der Waals surface area contributed by atoms with E-state index in [1.807, 2.05) is 12.5 Å². The number of aromatic nitrogens is 2. The number of hydrogen-bond acceptors (Lipinski definition) is 2. The van der Waals surface area contributed by atoms with Gasteiger partial charge < -0.3 is 9.88 Å². The molecule has 1 N–H and O–H groups in total. The van der Waals surface area contributed by atoms with E-state index in [1.54, 1.807) is 0 Å². The Hall–Kier alpha value is -1.65. The van der Waals surface area contributed by atoms with Gasteiger partial charge in [0.25, 0.3) is 0 Å². The Morgan fingerprint density at radius 3 is 2.81 bits per heavy atom. The average Bonchev–Trinajstić information content (AvgIpc) is 3.19. The van der Waals surface area contributed by atoms with Gasteiger partial charge in [-0.25, -0.2) is 4.98 Å². The van der Waals surface area contributed by atoms with E-state index in [0.29, 0.717) is 6.04 Å². The van der Waals surface area contributed by atoms with E-state index in [-0.39, 0.29) is 0 Å². The number of rotatable bonds is 2. The fraction of sp³-hybridized carbons (Fsp3) is 0.235. The zero-order valence-electron chi connectivity index (χ0n) is 11.6. The Balaban J connectivity index is 1.92. The van der Waals surface area contributed by atoms with Crippen molar-refractivity contribution in [1.29, 1.82) is 0 Å². The normalized spacial score (nSPS) is 18.4. The third-order valence-corrected chi connectivity index (χ3v) is 4.88. The summed E-state index contributed by atoms with van der Waals surface area (Å²) in [4.78, 5) is 4.38. The van der Waals surface area contributed by atoms with Crippen molar-refractivity contribution in [3.05, 3.63) is 59.1 Å². The summed E-state index contributed by atoms with van der Waals surface area (Å²) >= 11 is 3.64. The summed E-state index contributed by atoms with van der Waals surface area (Å²) in [5.74, 6) is 0. The third kappa shape index (κ3) is 2.19. The first-order valence-corrected chi connectivity index (χ1v) is 8.07. The molecule has 0 saturated carbocycles. The van der Waals surface area contributed by atoms with Crippen LogP contribution >= 0.6 is 15.9 Å². The molecular weight excluding hydrogens is 326 g/mol. The lowest BCUT2D eigenvalue weighted by Crippen LogP contribution is -2.16. The fourth-order valence-corrected chi connectivity index (χ4v) is 3.64. The first-order chi connectivity index (χ1) is 10.3. The molecule has 21 heavy (non-hydrogen) atoms. The lowest BCUT2D eigenvalue weighted by atomic mass is 10.1. The fourth-order valence-electron chi connectivity index (χ4n) is 3.16. The van der Waals surface area contributed by atoms with E-state index in [1.165, 1.54) is 35.0 Å². The molecule has 1 atom stereocenters. The Bertz CT molecular complexity index is 788. The van der Waals surface area contributed by atoms with E-state index in [0.717, 1.165) is 11.0 Å². The highest BCUT2D eigenvalue weighted by molar-refractivity contribution is 9.10. The number of nitrogens with zero attached hydrogens (tertiary/aromatic N) is 2. The third-order valence-electron chi connectivity index (χ3n) is 4.19. The Morgan fingerprint density at radius 1 is 1.14 bits per heavy atom. The van der Waals surface area contributed by atoms with Crippen molar-refractivity contribution < 1.29 is 0 Å². The van der Waals surface area contributed by atoms with Crippen LogP contribution in [-0.2, 0) is 0 Å². The van der Waals surface area contributed by atoms with Crippen LogP contribution in [0.4, 0.5) is 0 Å². The minimum atomic E-state index is 0.412. The van der Waals surface area contributed by atoms with Crippen molar-refractivity contribution in [1.82, 2.24) is 14.9 Å². The zero-order valence-corrected chi connectivity index (χ0v) is 13.2. The van der Waals surface area contributed by atoms with E-state index < -0.39 is 0 Å². The summed E-state index contributed by atoms with van der Waals surface area (Å²) in [5.41, 5.74) is 2.44. The topological polar surface area (TPSA) is 29.9 Å². The number of benzene rings is 2. The second-order valence-electron chi connectivity index (χ2n) is 5.45. The molecule has 0 bridgehead atoms. The maximum absolute atomic E-state index is 4.38. The molecule has 0 aliphatic carbocycles. The van der Waals surface area contributed by atoms with Gasteiger partial charge in [-0.1, -0.05) is 40.2 Å². The van der Waals surface area contributed by atoms with Gasteiger partial charge in [0, 0.05) is 15.9 Å². The molecule has 0 spiro atoms. The molecule has 4 heteroatoms. The van der Waals surface area contributed by atoms with Gasteiger partial charge in [0.2, 0.25) is 0 Å². The first-order valence-electron chi connectivity index (χ1n) is 7.28. The van der Waals surface area contributed by atoms with E-state index in [4.69, 9.17) is 0 Å². The minimum absolute atomic E-state index is 0.412. The smallest absolute Gasteiger partial charge is 0.0994 e. The first kappa shape index (κ1) is 13.0. The van der Waals surface area contributed by atoms with Gasteiger partial charge in [-0.2, -0.15) is 0 Å². The number of imidazole rings is 1. The predicted octanol–water partition coefficient (Wildman–Crippen LogP) is 4.21. The molecule has 0 radical (unpaired) electrons. The molecule has 0 amide bonds. The molecule has 1 aliphatic heterocycles. The molecule has 1 fully saturated rings. The molecule has 106 valence electrons. The van der Waals surface area contributed by atoms with Crippen LogP contribution in [0.25, 0.3) is 16.5 Å². The standard InChI is InChI=1S/C17H16BrN3/c18-14-7-8-16(13-5-2-1-4-12(13)14)21-11-19-10-17(21)15-6-3-9-20-15/h1-2,4-5,7-8,10-11,15,20H,3,6,9H2. The molecule has 1 aliphatic rings. The predicted molar refractivity (Wildman–Crippen MR) is 88.7 cm³/mol. The molecule has 4 rings (SSSR count). The van der Waals surface area contributed by atoms with Crippen LogP contribution in [0.15, 0.2) is 53.4 Å². The SMILES string of the molecule is Brc1ccc(-n2cncc2C2CCCN2)c2ccccc12. The van der Waals surface area contributed by atoms with Gasteiger partial charge in [0.05, 0.1) is 23.9 Å². The Kier molecular flexibility index (Phi) is 3.28. The van der Waals surface area contributed by atoms with Crippen molar-refractivity contribution in [2.75, 3.05) is 6.54 Å². The summed E-state index contributed by atoms with van der Waals surface area (Å²) in [5, 5.41) is 6.03. The van der Waals surface area contributed by atoms with Crippen LogP contribution in [0.2, 0.25) is 0 Å². The van der Waals surface area contributed by atoms with Gasteiger partial charge in [0.1, 0.15) is 0 Å². The Morgan fingerprint density at radius 2 is 2.00 bits per heavy atom. The minimum Gasteiger partial charge on any atom is -0.309 e. The van der Waals surface area contributed by atoms with Crippen LogP contribution in [0.5, 0.6) is 0 Å². The number of nitrogens with one attached hydrogen (secondary N) is 1. The lowest BCUT2D eigenvalue weighted by Gasteiger charge is -2.16. The molecule has 3 nitrogen and oxygen atoms in total. The van der Waals surface area contributed by atoms with Crippen molar-refractivity contribution in [2.24, 2.45) is 0 Å². The van der Waals surface area contributed by atoms with E-state index >= 15 is 0 Å². The van der Waals surface area contributed by atoms with Gasteiger partial charge in [-0.3, -0.25) is 0 Å². The Labute approximate surface area is 132 Å². The van der Waals surface area contributed by atoms with Crippen LogP contribution in [-0.4, -0.2) is 16.1 Å². The largest absolute Gasteiger partial charge is 0.309 e. The van der Waals surface area contributed by atoms with Crippen molar-refractivity contribution in [3.8, 4) is 5.69 Å². The highest BCUT2D eigenvalue weighted by atomic mass is 79.9. The quantitative estimate of drug-likeness (QED) is 0.756. The van der Waals surface area contributed by atoms with E-state index in [2.05, 4.69) is 67.2 Å². The van der Waals surface area contributed by atoms with E-state index in [9.17, 15) is 0 Å². The van der Waals surface area contributed by atoms with Gasteiger partial charge in [-0.05, 0) is 36.9 Å². The molecule has 2 aromatic carbocycles. The molecular formula is C17H16BrN3. The summed E-state index contributed by atoms with van der Waals surface area (Å²) in [7, 11) is 0. The maximum Gasteiger partial charge on any atom is 0.0994 e. The van der Waals surface area contributed by atoms with Crippen molar-refractivity contribution >= 4 is 26.7 Å². The highest BCUT2D eigenvalue weighted by Gasteiger charge is 2.21. The van der Waals surface area contributed by atoms with Crippen LogP contribution in [0, 0.1) is 0 Å². The lowest BCUT2D eigenvalue weighted by molar-refractivity contribution is 0.616. The second kappa shape index (κ2) is 5.28. The zero-order chi connectivity index (χ0) is 14.2. The summed E-state index contributed by atoms with van der Waals surface area (Å²) in [6.45, 7) is 1.09. The highest BCUT2D eigenvalue weighted by Crippen LogP contribution is 2.32. The van der Waals surface area contributed by atoms with Crippen LogP contribution < -0.4 is 5.32 Å². The number of fused-ring (bicyclic) bond motifs is 1. The average molecular weight is 342 g/mol. The summed E-state index contributed by atoms with van der Waals surface area (Å²) in [6.07, 6.45) is 6.32. The monoisotopic (exact) mass is 341 g/mol. The molecule has 1 saturated heterocycles.